The molecule has 0 aromatic rings. The summed E-state index contributed by atoms with van der Waals surface area (Å²) in [6.07, 6.45) is 11.3. The topological polar surface area (TPSA) is 0 Å². The van der Waals surface area contributed by atoms with Crippen molar-refractivity contribution in [2.75, 3.05) is 0 Å². The van der Waals surface area contributed by atoms with E-state index < -0.39 is 0 Å². The molecule has 0 aliphatic carbocycles. The molecule has 0 saturated carbocycles. The highest BCUT2D eigenvalue weighted by molar-refractivity contribution is 14.1. The van der Waals surface area contributed by atoms with Crippen molar-refractivity contribution in [2.24, 2.45) is 0 Å². The Bertz CT molecular complexity index is 94.5. The largest absolute Gasteiger partial charge is 0.123 e. The SMILES string of the molecule is CCCCCC[SiH](I)CCCCCC. The Morgan fingerprint density at radius 1 is 0.714 bits per heavy atom. The first-order valence-electron chi connectivity index (χ1n) is 6.45. The molecule has 0 amide bonds. The Kier molecular flexibility index (Phi) is 12.8. The summed E-state index contributed by atoms with van der Waals surface area (Å²) in [5, 5.41) is 0. The summed E-state index contributed by atoms with van der Waals surface area (Å²) < 4.78 is 0. The van der Waals surface area contributed by atoms with E-state index in [0.29, 0.717) is 0 Å². The maximum Gasteiger partial charge on any atom is 0.110 e. The fraction of sp³-hybridized carbons (Fsp3) is 1.00. The van der Waals surface area contributed by atoms with Gasteiger partial charge in [-0.2, -0.15) is 0 Å². The molecule has 0 unspecified atom stereocenters. The maximum atomic E-state index is 2.78. The van der Waals surface area contributed by atoms with Gasteiger partial charge in [0, 0.05) is 0 Å². The van der Waals surface area contributed by atoms with Crippen molar-refractivity contribution in [3.05, 3.63) is 0 Å². The van der Waals surface area contributed by atoms with Crippen LogP contribution in [0, 0.1) is 0 Å². The summed E-state index contributed by atoms with van der Waals surface area (Å²) in [5.41, 5.74) is 0. The van der Waals surface area contributed by atoms with E-state index in [-0.39, 0.29) is 6.29 Å². The lowest BCUT2D eigenvalue weighted by molar-refractivity contribution is 0.689. The number of halogens is 1. The van der Waals surface area contributed by atoms with E-state index in [9.17, 15) is 0 Å². The van der Waals surface area contributed by atoms with Gasteiger partial charge < -0.3 is 0 Å². The molecule has 0 heterocycles. The van der Waals surface area contributed by atoms with Crippen molar-refractivity contribution in [3.63, 3.8) is 0 Å². The van der Waals surface area contributed by atoms with E-state index in [2.05, 4.69) is 35.6 Å². The Hall–Kier alpha value is 0.947. The van der Waals surface area contributed by atoms with E-state index in [4.69, 9.17) is 0 Å². The molecule has 0 nitrogen and oxygen atoms in total. The summed E-state index contributed by atoms with van der Waals surface area (Å²) >= 11 is 2.78. The molecule has 2 heteroatoms. The fourth-order valence-electron chi connectivity index (χ4n) is 1.73. The van der Waals surface area contributed by atoms with Gasteiger partial charge in [0.1, 0.15) is 6.29 Å². The van der Waals surface area contributed by atoms with Crippen LogP contribution in [0.25, 0.3) is 0 Å². The molecule has 0 rings (SSSR count). The summed E-state index contributed by atoms with van der Waals surface area (Å²) in [6.45, 7) is 4.59. The van der Waals surface area contributed by atoms with Crippen LogP contribution in [-0.2, 0) is 0 Å². The molecule has 0 fully saturated rings. The number of rotatable bonds is 10. The Labute approximate surface area is 105 Å². The third-order valence-corrected chi connectivity index (χ3v) is 8.55. The monoisotopic (exact) mass is 326 g/mol. The summed E-state index contributed by atoms with van der Waals surface area (Å²) in [7, 11) is 0. The molecule has 0 spiro atoms. The average Bonchev–Trinajstić information content (AvgIpc) is 2.19. The molecule has 86 valence electrons. The van der Waals surface area contributed by atoms with Gasteiger partial charge in [-0.25, -0.2) is 0 Å². The highest BCUT2D eigenvalue weighted by Crippen LogP contribution is 2.17. The normalized spacial score (nSPS) is 11.1. The lowest BCUT2D eigenvalue weighted by atomic mass is 10.2. The van der Waals surface area contributed by atoms with E-state index in [1.165, 1.54) is 51.4 Å². The summed E-state index contributed by atoms with van der Waals surface area (Å²) in [4.78, 5) is 0. The van der Waals surface area contributed by atoms with Crippen LogP contribution < -0.4 is 0 Å². The van der Waals surface area contributed by atoms with Crippen LogP contribution in [0.1, 0.15) is 65.2 Å². The second-order valence-electron chi connectivity index (χ2n) is 4.30. The minimum Gasteiger partial charge on any atom is -0.123 e. The Balaban J connectivity index is 3.07. The molecule has 0 bridgehead atoms. The van der Waals surface area contributed by atoms with Gasteiger partial charge >= 0.3 is 0 Å². The molecule has 0 atom stereocenters. The second-order valence-corrected chi connectivity index (χ2v) is 11.9. The first-order valence-corrected chi connectivity index (χ1v) is 12.3. The molecule has 0 radical (unpaired) electrons. The van der Waals surface area contributed by atoms with Crippen molar-refractivity contribution in [2.45, 2.75) is 77.3 Å². The summed E-state index contributed by atoms with van der Waals surface area (Å²) in [6, 6.07) is 3.18. The predicted molar refractivity (Wildman–Crippen MR) is 79.1 cm³/mol. The fourth-order valence-corrected chi connectivity index (χ4v) is 6.12. The molecule has 0 aromatic heterocycles. The van der Waals surface area contributed by atoms with Crippen LogP contribution in [0.2, 0.25) is 12.1 Å². The van der Waals surface area contributed by atoms with Crippen molar-refractivity contribution < 1.29 is 0 Å². The van der Waals surface area contributed by atoms with Gasteiger partial charge in [0.05, 0.1) is 0 Å². The molecule has 0 aromatic carbocycles. The van der Waals surface area contributed by atoms with Crippen LogP contribution in [0.5, 0.6) is 0 Å². The predicted octanol–water partition coefficient (Wildman–Crippen LogP) is 5.31. The lowest BCUT2D eigenvalue weighted by Gasteiger charge is -2.07. The number of hydrogen-bond acceptors (Lipinski definition) is 0. The highest BCUT2D eigenvalue weighted by atomic mass is 127. The third kappa shape index (κ3) is 11.0. The molecular weight excluding hydrogens is 299 g/mol. The zero-order valence-corrected chi connectivity index (χ0v) is 13.3. The van der Waals surface area contributed by atoms with E-state index >= 15 is 0 Å². The third-order valence-electron chi connectivity index (χ3n) is 2.74. The molecule has 0 saturated heterocycles. The molecule has 0 aliphatic rings. The Morgan fingerprint density at radius 2 is 1.14 bits per heavy atom. The van der Waals surface area contributed by atoms with Crippen LogP contribution in [-0.4, -0.2) is 6.29 Å². The standard InChI is InChI=1S/C12H27ISi/c1-3-5-7-9-11-14(13)12-10-8-6-4-2/h14H,3-12H2,1-2H3. The summed E-state index contributed by atoms with van der Waals surface area (Å²) in [5.74, 6) is 0. The molecule has 14 heavy (non-hydrogen) atoms. The van der Waals surface area contributed by atoms with Gasteiger partial charge in [0.25, 0.3) is 0 Å². The highest BCUT2D eigenvalue weighted by Gasteiger charge is 2.04. The van der Waals surface area contributed by atoms with Gasteiger partial charge in [-0.15, -0.1) is 21.8 Å². The average molecular weight is 326 g/mol. The zero-order valence-electron chi connectivity index (χ0n) is 10.0. The molecular formula is C12H27ISi. The van der Waals surface area contributed by atoms with E-state index in [1.807, 2.05) is 0 Å². The van der Waals surface area contributed by atoms with Gasteiger partial charge in [-0.3, -0.25) is 0 Å². The van der Waals surface area contributed by atoms with Crippen molar-refractivity contribution >= 4 is 28.1 Å². The number of hydrogen-bond donors (Lipinski definition) is 0. The maximum absolute atomic E-state index is 2.78. The van der Waals surface area contributed by atoms with E-state index in [0.717, 1.165) is 0 Å². The first-order chi connectivity index (χ1) is 6.81. The van der Waals surface area contributed by atoms with Crippen LogP contribution >= 0.6 is 21.8 Å². The molecule has 0 aliphatic heterocycles. The quantitative estimate of drug-likeness (QED) is 0.221. The van der Waals surface area contributed by atoms with Gasteiger partial charge in [-0.05, 0) is 0 Å². The van der Waals surface area contributed by atoms with Crippen molar-refractivity contribution in [3.8, 4) is 0 Å². The zero-order chi connectivity index (χ0) is 10.6. The molecule has 0 N–H and O–H groups in total. The van der Waals surface area contributed by atoms with Crippen molar-refractivity contribution in [1.82, 2.24) is 0 Å². The number of unbranched alkanes of at least 4 members (excludes halogenated alkanes) is 6. The van der Waals surface area contributed by atoms with Crippen LogP contribution in [0.3, 0.4) is 0 Å². The van der Waals surface area contributed by atoms with Gasteiger partial charge in [0.15, 0.2) is 0 Å². The Morgan fingerprint density at radius 3 is 1.50 bits per heavy atom. The van der Waals surface area contributed by atoms with Gasteiger partial charge in [-0.1, -0.05) is 77.3 Å². The van der Waals surface area contributed by atoms with Gasteiger partial charge in [0.2, 0.25) is 0 Å². The smallest absolute Gasteiger partial charge is 0.110 e. The van der Waals surface area contributed by atoms with Crippen LogP contribution in [0.15, 0.2) is 0 Å². The minimum atomic E-state index is -0.317. The van der Waals surface area contributed by atoms with Crippen molar-refractivity contribution in [1.29, 1.82) is 0 Å². The van der Waals surface area contributed by atoms with Crippen LogP contribution in [0.4, 0.5) is 0 Å². The lowest BCUT2D eigenvalue weighted by Crippen LogP contribution is -2.01. The first kappa shape index (κ1) is 14.9. The van der Waals surface area contributed by atoms with E-state index in [1.54, 1.807) is 12.1 Å². The minimum absolute atomic E-state index is 0.317. The second kappa shape index (κ2) is 12.0.